The molecule has 3 saturated heterocycles. The fourth-order valence-electron chi connectivity index (χ4n) is 5.64. The maximum Gasteiger partial charge on any atom is 0.242 e. The second-order valence-corrected chi connectivity index (χ2v) is 12.5. The van der Waals surface area contributed by atoms with Crippen LogP contribution >= 0.6 is 15.9 Å². The van der Waals surface area contributed by atoms with Gasteiger partial charge in [0, 0.05) is 43.1 Å². The number of hydrogen-bond donors (Lipinski definition) is 1. The summed E-state index contributed by atoms with van der Waals surface area (Å²) in [6, 6.07) is 9.48. The molecule has 36 heavy (non-hydrogen) atoms. The molecule has 3 aliphatic heterocycles. The molecule has 3 amide bonds. The van der Waals surface area contributed by atoms with Gasteiger partial charge in [-0.3, -0.25) is 14.4 Å². The lowest BCUT2D eigenvalue weighted by atomic mass is 10.1. The minimum absolute atomic E-state index is 0.0135. The van der Waals surface area contributed by atoms with Crippen LogP contribution in [0.4, 0.5) is 0 Å². The molecule has 1 N–H and O–H groups in total. The molecule has 3 aliphatic rings. The van der Waals surface area contributed by atoms with E-state index in [2.05, 4.69) is 20.7 Å². The topological polar surface area (TPSA) is 107 Å². The predicted octanol–water partition coefficient (Wildman–Crippen LogP) is 2.09. The largest absolute Gasteiger partial charge is 0.339 e. The lowest BCUT2D eigenvalue weighted by Crippen LogP contribution is -2.60. The van der Waals surface area contributed by atoms with E-state index in [0.717, 1.165) is 28.1 Å². The molecule has 11 heteroatoms. The standard InChI is InChI=1S/C25H29BrN4O5S/c1-16(31)29-13-20-7-8-21(14-29)30(20)24(32)15-28-10-2-3-23(25(28)33)27-36(34,35)22-9-5-17-11-19(26)6-4-18(17)12-22/h4-6,9,11-12,20-21,23,27H,2-3,7-8,10,13-15H2,1H3. The molecular formula is C25H29BrN4O5S. The van der Waals surface area contributed by atoms with E-state index < -0.39 is 16.1 Å². The second-order valence-electron chi connectivity index (χ2n) is 9.84. The average molecular weight is 578 g/mol. The van der Waals surface area contributed by atoms with Crippen LogP contribution in [0.25, 0.3) is 10.8 Å². The average Bonchev–Trinajstić information content (AvgIpc) is 3.10. The van der Waals surface area contributed by atoms with Gasteiger partial charge in [0.2, 0.25) is 27.7 Å². The van der Waals surface area contributed by atoms with Gasteiger partial charge in [-0.05, 0) is 60.7 Å². The number of carbonyl (C=O) groups is 3. The first kappa shape index (κ1) is 25.2. The summed E-state index contributed by atoms with van der Waals surface area (Å²) >= 11 is 3.41. The van der Waals surface area contributed by atoms with E-state index >= 15 is 0 Å². The van der Waals surface area contributed by atoms with Gasteiger partial charge in [0.15, 0.2) is 0 Å². The summed E-state index contributed by atoms with van der Waals surface area (Å²) in [7, 11) is -3.93. The highest BCUT2D eigenvalue weighted by atomic mass is 79.9. The van der Waals surface area contributed by atoms with Crippen molar-refractivity contribution in [3.63, 3.8) is 0 Å². The minimum Gasteiger partial charge on any atom is -0.339 e. The first-order valence-electron chi connectivity index (χ1n) is 12.2. The van der Waals surface area contributed by atoms with Gasteiger partial charge in [0.25, 0.3) is 0 Å². The maximum absolute atomic E-state index is 13.2. The molecule has 3 unspecified atom stereocenters. The molecule has 9 nitrogen and oxygen atoms in total. The summed E-state index contributed by atoms with van der Waals surface area (Å²) in [4.78, 5) is 43.4. The van der Waals surface area contributed by atoms with Crippen molar-refractivity contribution in [3.8, 4) is 0 Å². The van der Waals surface area contributed by atoms with Gasteiger partial charge in [-0.1, -0.05) is 28.1 Å². The quantitative estimate of drug-likeness (QED) is 0.586. The van der Waals surface area contributed by atoms with Crippen LogP contribution in [0.2, 0.25) is 0 Å². The van der Waals surface area contributed by atoms with Crippen LogP contribution in [0.3, 0.4) is 0 Å². The molecule has 2 bridgehead atoms. The van der Waals surface area contributed by atoms with E-state index in [-0.39, 0.29) is 41.2 Å². The molecule has 192 valence electrons. The Hall–Kier alpha value is -2.50. The molecular weight excluding hydrogens is 548 g/mol. The molecule has 3 fully saturated rings. The fourth-order valence-corrected chi connectivity index (χ4v) is 7.27. The summed E-state index contributed by atoms with van der Waals surface area (Å²) in [6.45, 7) is 2.93. The van der Waals surface area contributed by atoms with Crippen LogP contribution in [0.1, 0.15) is 32.6 Å². The maximum atomic E-state index is 13.2. The van der Waals surface area contributed by atoms with Crippen molar-refractivity contribution >= 4 is 54.4 Å². The van der Waals surface area contributed by atoms with Gasteiger partial charge in [0.1, 0.15) is 6.04 Å². The molecule has 0 radical (unpaired) electrons. The van der Waals surface area contributed by atoms with Crippen LogP contribution in [-0.2, 0) is 24.4 Å². The van der Waals surface area contributed by atoms with Crippen molar-refractivity contribution in [2.24, 2.45) is 0 Å². The van der Waals surface area contributed by atoms with Crippen molar-refractivity contribution in [3.05, 3.63) is 40.9 Å². The van der Waals surface area contributed by atoms with E-state index in [4.69, 9.17) is 0 Å². The highest BCUT2D eigenvalue weighted by molar-refractivity contribution is 9.10. The van der Waals surface area contributed by atoms with E-state index in [1.54, 1.807) is 24.0 Å². The van der Waals surface area contributed by atoms with Gasteiger partial charge in [0.05, 0.1) is 11.4 Å². The second kappa shape index (κ2) is 9.75. The van der Waals surface area contributed by atoms with Gasteiger partial charge in [-0.15, -0.1) is 0 Å². The number of fused-ring (bicyclic) bond motifs is 3. The number of piperazine rings is 1. The van der Waals surface area contributed by atoms with Crippen LogP contribution < -0.4 is 4.72 Å². The smallest absolute Gasteiger partial charge is 0.242 e. The number of piperidine rings is 1. The van der Waals surface area contributed by atoms with E-state index in [1.165, 1.54) is 11.0 Å². The van der Waals surface area contributed by atoms with Crippen LogP contribution in [0.5, 0.6) is 0 Å². The molecule has 0 spiro atoms. The number of nitrogens with zero attached hydrogens (tertiary/aromatic N) is 3. The van der Waals surface area contributed by atoms with Gasteiger partial charge < -0.3 is 14.7 Å². The Morgan fingerprint density at radius 3 is 2.39 bits per heavy atom. The van der Waals surface area contributed by atoms with E-state index in [1.807, 2.05) is 23.1 Å². The van der Waals surface area contributed by atoms with Crippen molar-refractivity contribution in [2.45, 2.75) is 55.6 Å². The molecule has 0 aliphatic carbocycles. The van der Waals surface area contributed by atoms with Crippen molar-refractivity contribution in [1.82, 2.24) is 19.4 Å². The van der Waals surface area contributed by atoms with Crippen molar-refractivity contribution in [2.75, 3.05) is 26.2 Å². The highest BCUT2D eigenvalue weighted by Gasteiger charge is 2.44. The number of benzene rings is 2. The zero-order chi connectivity index (χ0) is 25.6. The van der Waals surface area contributed by atoms with Gasteiger partial charge in [-0.25, -0.2) is 8.42 Å². The zero-order valence-electron chi connectivity index (χ0n) is 20.0. The Morgan fingerprint density at radius 2 is 1.69 bits per heavy atom. The number of amides is 3. The Bertz CT molecular complexity index is 1320. The summed E-state index contributed by atoms with van der Waals surface area (Å²) in [5.74, 6) is -0.500. The van der Waals surface area contributed by atoms with Crippen LogP contribution in [0.15, 0.2) is 45.8 Å². The Labute approximate surface area is 219 Å². The third-order valence-electron chi connectivity index (χ3n) is 7.45. The Kier molecular flexibility index (Phi) is 6.82. The Morgan fingerprint density at radius 1 is 1.03 bits per heavy atom. The number of halogens is 1. The number of nitrogens with one attached hydrogen (secondary N) is 1. The normalized spacial score (nSPS) is 24.4. The first-order chi connectivity index (χ1) is 17.1. The fraction of sp³-hybridized carbons (Fsp3) is 0.480. The third kappa shape index (κ3) is 4.88. The highest BCUT2D eigenvalue weighted by Crippen LogP contribution is 2.31. The number of rotatable bonds is 5. The molecule has 5 rings (SSSR count). The predicted molar refractivity (Wildman–Crippen MR) is 137 cm³/mol. The third-order valence-corrected chi connectivity index (χ3v) is 9.42. The molecule has 0 aromatic heterocycles. The SMILES string of the molecule is CC(=O)N1CC2CCC(C1)N2C(=O)CN1CCCC(NS(=O)(=O)c2ccc3cc(Br)ccc3c2)C1=O. The monoisotopic (exact) mass is 576 g/mol. The number of carbonyl (C=O) groups excluding carboxylic acids is 3. The summed E-state index contributed by atoms with van der Waals surface area (Å²) in [5.41, 5.74) is 0. The summed E-state index contributed by atoms with van der Waals surface area (Å²) in [5, 5.41) is 1.68. The Balaban J connectivity index is 1.26. The lowest BCUT2D eigenvalue weighted by molar-refractivity contribution is -0.148. The van der Waals surface area contributed by atoms with Gasteiger partial charge >= 0.3 is 0 Å². The van der Waals surface area contributed by atoms with Crippen molar-refractivity contribution in [1.29, 1.82) is 0 Å². The molecule has 3 atom stereocenters. The molecule has 0 saturated carbocycles. The summed E-state index contributed by atoms with van der Waals surface area (Å²) in [6.07, 6.45) is 2.67. The molecule has 2 aromatic rings. The van der Waals surface area contributed by atoms with Crippen molar-refractivity contribution < 1.29 is 22.8 Å². The van der Waals surface area contributed by atoms with Crippen LogP contribution in [-0.4, -0.2) is 85.1 Å². The van der Waals surface area contributed by atoms with E-state index in [9.17, 15) is 22.8 Å². The lowest BCUT2D eigenvalue weighted by Gasteiger charge is -2.42. The van der Waals surface area contributed by atoms with Gasteiger partial charge in [-0.2, -0.15) is 4.72 Å². The number of sulfonamides is 1. The number of hydrogen-bond acceptors (Lipinski definition) is 5. The zero-order valence-corrected chi connectivity index (χ0v) is 22.4. The molecule has 2 aromatic carbocycles. The van der Waals surface area contributed by atoms with E-state index in [0.29, 0.717) is 32.5 Å². The van der Waals surface area contributed by atoms with Crippen LogP contribution in [0, 0.1) is 0 Å². The minimum atomic E-state index is -3.93. The summed E-state index contributed by atoms with van der Waals surface area (Å²) < 4.78 is 29.7. The number of likely N-dealkylation sites (tertiary alicyclic amines) is 2. The molecule has 3 heterocycles. The first-order valence-corrected chi connectivity index (χ1v) is 14.5.